The number of nitrogens with one attached hydrogen (secondary N) is 1. The van der Waals surface area contributed by atoms with Crippen LogP contribution in [0.25, 0.3) is 11.1 Å². The van der Waals surface area contributed by atoms with Crippen LogP contribution in [0.5, 0.6) is 0 Å². The smallest absolute Gasteiger partial charge is 0.870 e. The summed E-state index contributed by atoms with van der Waals surface area (Å²) < 4.78 is 0. The third-order valence-corrected chi connectivity index (χ3v) is 5.34. The van der Waals surface area contributed by atoms with Crippen molar-refractivity contribution in [3.8, 4) is 11.1 Å². The number of carbonyl (C=O) groups excluding carboxylic acids is 2. The molecule has 0 spiro atoms. The van der Waals surface area contributed by atoms with E-state index in [1.54, 1.807) is 25.3 Å². The van der Waals surface area contributed by atoms with Crippen LogP contribution in [0.15, 0.2) is 66.9 Å². The Balaban J connectivity index is 0.00000171. The molecule has 6 nitrogen and oxygen atoms in total. The van der Waals surface area contributed by atoms with Crippen molar-refractivity contribution in [2.45, 2.75) is 32.4 Å². The maximum absolute atomic E-state index is 12.3. The Bertz CT molecular complexity index is 1040. The summed E-state index contributed by atoms with van der Waals surface area (Å²) in [4.78, 5) is 29.4. The first-order valence-electron chi connectivity index (χ1n) is 9.66. The summed E-state index contributed by atoms with van der Waals surface area (Å²) in [7, 11) is 0. The molecule has 0 fully saturated rings. The summed E-state index contributed by atoms with van der Waals surface area (Å²) in [5.41, 5.74) is 4.56. The molecule has 7 heteroatoms. The van der Waals surface area contributed by atoms with Gasteiger partial charge in [-0.1, -0.05) is 12.1 Å². The summed E-state index contributed by atoms with van der Waals surface area (Å²) in [5.74, 6) is 0.844. The van der Waals surface area contributed by atoms with Gasteiger partial charge >= 0.3 is 18.9 Å². The van der Waals surface area contributed by atoms with Crippen molar-refractivity contribution < 1.29 is 33.9 Å². The first-order chi connectivity index (χ1) is 14.1. The molecule has 2 heterocycles. The zero-order valence-electron chi connectivity index (χ0n) is 17.9. The second-order valence-corrected chi connectivity index (χ2v) is 7.34. The van der Waals surface area contributed by atoms with E-state index in [1.807, 2.05) is 53.7 Å². The van der Waals surface area contributed by atoms with Crippen molar-refractivity contribution in [2.24, 2.45) is 0 Å². The Morgan fingerprint density at radius 2 is 1.81 bits per heavy atom. The van der Waals surface area contributed by atoms with Gasteiger partial charge in [0.2, 0.25) is 5.91 Å². The van der Waals surface area contributed by atoms with Crippen molar-refractivity contribution in [1.29, 1.82) is 0 Å². The number of hydrogen-bond acceptors (Lipinski definition) is 5. The Hall–Kier alpha value is -2.91. The zero-order valence-corrected chi connectivity index (χ0v) is 17.9. The molecule has 0 bridgehead atoms. The molecule has 0 radical (unpaired) electrons. The monoisotopic (exact) mass is 408 g/mol. The predicted octanol–water partition coefficient (Wildman–Crippen LogP) is 1.33. The van der Waals surface area contributed by atoms with Crippen molar-refractivity contribution >= 4 is 23.7 Å². The van der Waals surface area contributed by atoms with Gasteiger partial charge in [0.15, 0.2) is 0 Å². The molecule has 31 heavy (non-hydrogen) atoms. The van der Waals surface area contributed by atoms with E-state index in [0.29, 0.717) is 5.56 Å². The van der Waals surface area contributed by atoms with E-state index in [-0.39, 0.29) is 42.3 Å². The number of fused-ring (bicyclic) bond motifs is 1. The number of nitrogens with zero attached hydrogens (tertiary/aromatic N) is 2. The molecule has 1 aliphatic rings. The van der Waals surface area contributed by atoms with Gasteiger partial charge in [0.25, 0.3) is 0 Å². The van der Waals surface area contributed by atoms with Gasteiger partial charge in [0.05, 0.1) is 12.3 Å². The average molecular weight is 408 g/mol. The summed E-state index contributed by atoms with van der Waals surface area (Å²) in [6, 6.07) is 19.4. The van der Waals surface area contributed by atoms with E-state index in [2.05, 4.69) is 23.3 Å². The third kappa shape index (κ3) is 5.05. The second kappa shape index (κ2) is 10.4. The largest absolute Gasteiger partial charge is 1.00 e. The van der Waals surface area contributed by atoms with Gasteiger partial charge in [-0.15, -0.1) is 12.1 Å². The van der Waals surface area contributed by atoms with E-state index in [0.717, 1.165) is 34.6 Å². The van der Waals surface area contributed by atoms with Crippen LogP contribution in [0.4, 0.5) is 11.5 Å². The molecule has 1 aromatic heterocycles. The average Bonchev–Trinajstić information content (AvgIpc) is 2.74. The fraction of sp³-hybridized carbons (Fsp3) is 0.208. The Labute approximate surface area is 194 Å². The minimum atomic E-state index is 0. The zero-order chi connectivity index (χ0) is 20.4. The first kappa shape index (κ1) is 24.4. The van der Waals surface area contributed by atoms with E-state index in [1.165, 1.54) is 0 Å². The quantitative estimate of drug-likeness (QED) is 0.520. The predicted molar refractivity (Wildman–Crippen MR) is 116 cm³/mol. The molecule has 4 rings (SSSR count). The number of hydrogen-bond donors (Lipinski definition) is 1. The Kier molecular flexibility index (Phi) is 8.18. The van der Waals surface area contributed by atoms with Gasteiger partial charge in [-0.05, 0) is 54.3 Å². The fourth-order valence-corrected chi connectivity index (χ4v) is 4.02. The van der Waals surface area contributed by atoms with Crippen LogP contribution < -0.4 is 29.1 Å². The summed E-state index contributed by atoms with van der Waals surface area (Å²) in [6.45, 7) is 3.68. The number of pyridine rings is 1. The van der Waals surface area contributed by atoms with Crippen molar-refractivity contribution in [3.63, 3.8) is 0 Å². The molecule has 2 aromatic carbocycles. The molecule has 1 amide bonds. The topological polar surface area (TPSA) is 92.3 Å². The number of rotatable bonds is 4. The molecule has 0 saturated carbocycles. The molecule has 0 aliphatic carbocycles. The number of aromatic nitrogens is 1. The number of benzene rings is 2. The van der Waals surface area contributed by atoms with Gasteiger partial charge in [-0.25, -0.2) is 4.98 Å². The van der Waals surface area contributed by atoms with Gasteiger partial charge in [-0.2, -0.15) is 17.7 Å². The third-order valence-electron chi connectivity index (χ3n) is 5.34. The second-order valence-electron chi connectivity index (χ2n) is 7.34. The molecule has 154 valence electrons. The van der Waals surface area contributed by atoms with Crippen molar-refractivity contribution in [1.82, 2.24) is 4.98 Å². The minimum absolute atomic E-state index is 0. The molecular weight excluding hydrogens is 385 g/mol. The van der Waals surface area contributed by atoms with Crippen LogP contribution in [-0.2, 0) is 9.59 Å². The molecule has 0 unspecified atom stereocenters. The van der Waals surface area contributed by atoms with Crippen LogP contribution in [0.2, 0.25) is 0 Å². The maximum Gasteiger partial charge on any atom is 1.00 e. The molecular formula is C24H23LiN3O3-. The van der Waals surface area contributed by atoms with Gasteiger partial charge in [-0.3, -0.25) is 4.79 Å². The van der Waals surface area contributed by atoms with Crippen LogP contribution in [0.1, 0.15) is 37.4 Å². The number of amides is 1. The van der Waals surface area contributed by atoms with E-state index in [9.17, 15) is 9.59 Å². The fourth-order valence-electron chi connectivity index (χ4n) is 4.02. The maximum atomic E-state index is 12.3. The Morgan fingerprint density at radius 1 is 1.10 bits per heavy atom. The Morgan fingerprint density at radius 3 is 2.42 bits per heavy atom. The van der Waals surface area contributed by atoms with Crippen LogP contribution in [0, 0.1) is 0 Å². The molecule has 2 N–H and O–H groups in total. The molecule has 0 saturated heterocycles. The molecule has 1 aliphatic heterocycles. The number of anilines is 2. The first-order valence-corrected chi connectivity index (χ1v) is 9.66. The van der Waals surface area contributed by atoms with E-state index in [4.69, 9.17) is 0 Å². The standard InChI is InChI=1S/C24H22N3O2.Li.H2O/c1-16-13-22(26-24-5-3-4-12-25-24)21-14-20(10-11-23(21)27(16)17(2)29)19-8-6-18(15-28)7-9-19;;/h3-12,14,16,22H,13H2,1-2H3,(H,25,26);;1H2/q-1;+1;/p-1/t16-,22+;;/m0../s1. The van der Waals surface area contributed by atoms with E-state index >= 15 is 0 Å². The van der Waals surface area contributed by atoms with Crippen LogP contribution in [-0.4, -0.2) is 28.7 Å². The van der Waals surface area contributed by atoms with Gasteiger partial charge < -0.3 is 20.5 Å². The van der Waals surface area contributed by atoms with Crippen molar-refractivity contribution in [3.05, 3.63) is 78.0 Å². The molecule has 2 atom stereocenters. The van der Waals surface area contributed by atoms with Crippen LogP contribution >= 0.6 is 0 Å². The molecule has 3 aromatic rings. The summed E-state index contributed by atoms with van der Waals surface area (Å²) in [5, 5.41) is 3.52. The summed E-state index contributed by atoms with van der Waals surface area (Å²) >= 11 is 0. The van der Waals surface area contributed by atoms with E-state index < -0.39 is 0 Å². The minimum Gasteiger partial charge on any atom is -0.870 e. The normalized spacial score (nSPS) is 16.9. The van der Waals surface area contributed by atoms with Gasteiger partial charge in [0.1, 0.15) is 5.82 Å². The van der Waals surface area contributed by atoms with Crippen molar-refractivity contribution in [2.75, 3.05) is 10.2 Å². The van der Waals surface area contributed by atoms with Gasteiger partial charge in [0, 0.05) is 24.8 Å². The number of carbonyl (C=O) groups is 1. The van der Waals surface area contributed by atoms with Crippen LogP contribution in [0.3, 0.4) is 0 Å². The summed E-state index contributed by atoms with van der Waals surface area (Å²) in [6.07, 6.45) is 4.45. The SMILES string of the molecule is CC(=O)N1c2ccc(-c3ccc([C-]=O)cc3)cc2[C@H](Nc2ccccn2)C[C@@H]1C.[Li+].[OH-].